The molecule has 0 saturated heterocycles. The van der Waals surface area contributed by atoms with Crippen LogP contribution in [0.4, 0.5) is 5.69 Å². The minimum absolute atomic E-state index is 0.0935. The molecule has 0 unspecified atom stereocenters. The summed E-state index contributed by atoms with van der Waals surface area (Å²) in [6.07, 6.45) is 0.413. The number of benzene rings is 4. The second-order valence-electron chi connectivity index (χ2n) is 7.96. The molecule has 192 valence electrons. The van der Waals surface area contributed by atoms with Gasteiger partial charge in [-0.15, -0.1) is 0 Å². The number of rotatable bonds is 8. The zero-order chi connectivity index (χ0) is 27.2. The summed E-state index contributed by atoms with van der Waals surface area (Å²) in [4.78, 5) is 35.6. The Labute approximate surface area is 226 Å². The Balaban J connectivity index is 1.52. The molecule has 0 saturated carbocycles. The second-order valence-corrected chi connectivity index (χ2v) is 8.80. The van der Waals surface area contributed by atoms with Crippen LogP contribution in [0.3, 0.4) is 0 Å². The van der Waals surface area contributed by atoms with Crippen LogP contribution in [0.1, 0.15) is 22.8 Å². The first-order valence-electron chi connectivity index (χ1n) is 11.2. The summed E-state index contributed by atoms with van der Waals surface area (Å²) < 4.78 is 11.2. The lowest BCUT2D eigenvalue weighted by Crippen LogP contribution is -2.33. The lowest BCUT2D eigenvalue weighted by molar-refractivity contribution is -0.384. The third-order valence-corrected chi connectivity index (χ3v) is 5.93. The maximum absolute atomic E-state index is 12.8. The topological polar surface area (TPSA) is 120 Å². The highest BCUT2D eigenvalue weighted by Crippen LogP contribution is 2.29. The Morgan fingerprint density at radius 3 is 2.47 bits per heavy atom. The number of esters is 1. The largest absolute Gasteiger partial charge is 0.481 e. The Morgan fingerprint density at radius 2 is 1.76 bits per heavy atom. The molecule has 4 aromatic rings. The number of hydrogen-bond acceptors (Lipinski definition) is 7. The van der Waals surface area contributed by atoms with Crippen LogP contribution in [0.5, 0.6) is 11.5 Å². The van der Waals surface area contributed by atoms with Gasteiger partial charge in [-0.25, -0.2) is 10.2 Å². The van der Waals surface area contributed by atoms with E-state index in [4.69, 9.17) is 32.7 Å². The number of non-ortho nitro benzene ring substituents is 1. The van der Waals surface area contributed by atoms with Crippen molar-refractivity contribution in [2.24, 2.45) is 5.10 Å². The molecular weight excluding hydrogens is 533 g/mol. The fourth-order valence-electron chi connectivity index (χ4n) is 3.46. The van der Waals surface area contributed by atoms with Gasteiger partial charge in [-0.1, -0.05) is 53.5 Å². The van der Waals surface area contributed by atoms with E-state index in [2.05, 4.69) is 10.5 Å². The zero-order valence-electron chi connectivity index (χ0n) is 19.8. The smallest absolute Gasteiger partial charge is 0.345 e. The minimum atomic E-state index is -0.953. The number of nitrogens with zero attached hydrogens (tertiary/aromatic N) is 2. The summed E-state index contributed by atoms with van der Waals surface area (Å²) in [6.45, 7) is 1.51. The highest BCUT2D eigenvalue weighted by Gasteiger charge is 2.18. The predicted octanol–water partition coefficient (Wildman–Crippen LogP) is 6.19. The molecule has 11 heteroatoms. The van der Waals surface area contributed by atoms with E-state index in [1.165, 1.54) is 55.6 Å². The van der Waals surface area contributed by atoms with Gasteiger partial charge in [0.2, 0.25) is 0 Å². The van der Waals surface area contributed by atoms with E-state index >= 15 is 0 Å². The Morgan fingerprint density at radius 1 is 1.03 bits per heavy atom. The molecule has 0 aliphatic heterocycles. The molecule has 1 N–H and O–H groups in total. The zero-order valence-corrected chi connectivity index (χ0v) is 21.3. The molecule has 9 nitrogen and oxygen atoms in total. The van der Waals surface area contributed by atoms with Gasteiger partial charge in [-0.2, -0.15) is 5.10 Å². The Bertz CT molecular complexity index is 1560. The van der Waals surface area contributed by atoms with Crippen LogP contribution >= 0.6 is 23.2 Å². The van der Waals surface area contributed by atoms with Crippen molar-refractivity contribution in [3.8, 4) is 11.5 Å². The average molecular weight is 552 g/mol. The third-order valence-electron chi connectivity index (χ3n) is 5.38. The molecule has 0 bridgehead atoms. The van der Waals surface area contributed by atoms with E-state index in [-0.39, 0.29) is 27.8 Å². The van der Waals surface area contributed by atoms with Crippen LogP contribution in [0.2, 0.25) is 10.0 Å². The van der Waals surface area contributed by atoms with Gasteiger partial charge in [-0.05, 0) is 54.1 Å². The van der Waals surface area contributed by atoms with Crippen molar-refractivity contribution >= 4 is 57.8 Å². The van der Waals surface area contributed by atoms with Gasteiger partial charge in [-0.3, -0.25) is 14.9 Å². The monoisotopic (exact) mass is 551 g/mol. The van der Waals surface area contributed by atoms with Crippen LogP contribution in [-0.2, 0) is 4.79 Å². The number of amides is 1. The molecular formula is C27H19Cl2N3O6. The molecule has 1 amide bonds. The molecule has 0 radical (unpaired) electrons. The van der Waals surface area contributed by atoms with Crippen LogP contribution in [0.25, 0.3) is 10.8 Å². The quantitative estimate of drug-likeness (QED) is 0.0915. The van der Waals surface area contributed by atoms with Crippen molar-refractivity contribution in [2.45, 2.75) is 13.0 Å². The number of ether oxygens (including phenoxy) is 2. The van der Waals surface area contributed by atoms with Crippen LogP contribution < -0.4 is 14.9 Å². The van der Waals surface area contributed by atoms with Crippen molar-refractivity contribution in [2.75, 3.05) is 0 Å². The number of carbonyl (C=O) groups is 2. The first kappa shape index (κ1) is 26.6. The number of nitrogens with one attached hydrogen (secondary N) is 1. The van der Waals surface area contributed by atoms with E-state index in [1.54, 1.807) is 12.1 Å². The van der Waals surface area contributed by atoms with Crippen LogP contribution in [-0.4, -0.2) is 29.1 Å². The van der Waals surface area contributed by atoms with Crippen molar-refractivity contribution in [1.29, 1.82) is 0 Å². The third kappa shape index (κ3) is 6.26. The summed E-state index contributed by atoms with van der Waals surface area (Å²) in [7, 11) is 0. The molecule has 0 aromatic heterocycles. The van der Waals surface area contributed by atoms with E-state index in [1.807, 2.05) is 24.3 Å². The lowest BCUT2D eigenvalue weighted by Gasteiger charge is -2.13. The molecule has 0 aliphatic carbocycles. The fourth-order valence-corrected chi connectivity index (χ4v) is 3.95. The first-order chi connectivity index (χ1) is 18.2. The Kier molecular flexibility index (Phi) is 8.20. The Hall–Kier alpha value is -4.47. The first-order valence-corrected chi connectivity index (χ1v) is 11.9. The van der Waals surface area contributed by atoms with Gasteiger partial charge >= 0.3 is 5.97 Å². The van der Waals surface area contributed by atoms with E-state index < -0.39 is 22.9 Å². The van der Waals surface area contributed by atoms with Gasteiger partial charge in [0.15, 0.2) is 6.10 Å². The summed E-state index contributed by atoms with van der Waals surface area (Å²) >= 11 is 12.1. The lowest BCUT2D eigenvalue weighted by atomic mass is 10.0. The fraction of sp³-hybridized carbons (Fsp3) is 0.0741. The summed E-state index contributed by atoms with van der Waals surface area (Å²) in [5.41, 5.74) is 2.89. The standard InChI is InChI=1S/C27H19Cl2N3O6/c1-16(37-20-10-8-19(9-11-20)32(35)36)26(33)31-30-15-23-21-5-3-2-4-17(21)6-13-25(23)38-27(34)22-12-7-18(28)14-24(22)29/h2-16H,1H3,(H,31,33)/b30-15-/t16-/m1/s1. The number of nitro groups is 1. The van der Waals surface area contributed by atoms with E-state index in [0.717, 1.165) is 10.8 Å². The minimum Gasteiger partial charge on any atom is -0.481 e. The van der Waals surface area contributed by atoms with Crippen molar-refractivity contribution in [3.63, 3.8) is 0 Å². The summed E-state index contributed by atoms with van der Waals surface area (Å²) in [5.74, 6) is -0.767. The van der Waals surface area contributed by atoms with Crippen LogP contribution in [0.15, 0.2) is 84.0 Å². The highest BCUT2D eigenvalue weighted by atomic mass is 35.5. The van der Waals surface area contributed by atoms with Gasteiger partial charge in [0.05, 0.1) is 21.7 Å². The van der Waals surface area contributed by atoms with Gasteiger partial charge in [0.1, 0.15) is 11.5 Å². The highest BCUT2D eigenvalue weighted by molar-refractivity contribution is 6.36. The number of fused-ring (bicyclic) bond motifs is 1. The predicted molar refractivity (Wildman–Crippen MR) is 144 cm³/mol. The van der Waals surface area contributed by atoms with Gasteiger partial charge in [0.25, 0.3) is 11.6 Å². The molecule has 38 heavy (non-hydrogen) atoms. The average Bonchev–Trinajstić information content (AvgIpc) is 2.89. The summed E-state index contributed by atoms with van der Waals surface area (Å²) in [5, 5.41) is 16.9. The number of nitro benzene ring substituents is 1. The van der Waals surface area contributed by atoms with Crippen LogP contribution in [0, 0.1) is 10.1 Å². The summed E-state index contributed by atoms with van der Waals surface area (Å²) in [6, 6.07) is 20.6. The number of halogens is 2. The molecule has 4 aromatic carbocycles. The van der Waals surface area contributed by atoms with Crippen molar-refractivity contribution in [3.05, 3.63) is 110 Å². The van der Waals surface area contributed by atoms with Crippen molar-refractivity contribution in [1.82, 2.24) is 5.43 Å². The molecule has 0 heterocycles. The molecule has 4 rings (SSSR count). The molecule has 0 aliphatic rings. The van der Waals surface area contributed by atoms with E-state index in [0.29, 0.717) is 10.6 Å². The van der Waals surface area contributed by atoms with Gasteiger partial charge < -0.3 is 9.47 Å². The SMILES string of the molecule is C[C@@H](Oc1ccc([N+](=O)[O-])cc1)C(=O)N/N=C\c1c(OC(=O)c2ccc(Cl)cc2Cl)ccc2ccccc12. The number of carbonyl (C=O) groups excluding carboxylic acids is 2. The number of hydrazone groups is 1. The van der Waals surface area contributed by atoms with E-state index in [9.17, 15) is 19.7 Å². The number of hydrogen-bond donors (Lipinski definition) is 1. The normalized spacial score (nSPS) is 11.8. The maximum Gasteiger partial charge on any atom is 0.345 e. The molecule has 0 spiro atoms. The van der Waals surface area contributed by atoms with Crippen molar-refractivity contribution < 1.29 is 24.0 Å². The molecule has 0 fully saturated rings. The molecule has 1 atom stereocenters. The second kappa shape index (κ2) is 11.7. The maximum atomic E-state index is 12.8. The van der Waals surface area contributed by atoms with Gasteiger partial charge in [0, 0.05) is 22.7 Å².